The zero-order valence-corrected chi connectivity index (χ0v) is 10.9. The van der Waals surface area contributed by atoms with Crippen LogP contribution in [0.15, 0.2) is 36.5 Å². The van der Waals surface area contributed by atoms with Crippen molar-refractivity contribution >= 4 is 11.3 Å². The van der Waals surface area contributed by atoms with Crippen molar-refractivity contribution in [3.63, 3.8) is 0 Å². The number of aromatic nitrogens is 1. The molecule has 0 bridgehead atoms. The van der Waals surface area contributed by atoms with Crippen molar-refractivity contribution in [2.45, 2.75) is 19.3 Å². The number of allylic oxidation sites excluding steroid dienone is 2. The molecule has 20 heavy (non-hydrogen) atoms. The first kappa shape index (κ1) is 12.5. The standard InChI is InChI=1S/C16H14FN3/c17-12-6-3-7-13(8-12)20-10-14(11-4-1-2-5-11)16(19)15(20)9-18/h3-4,6-8,10H,1-2,5,19H2. The first-order valence-corrected chi connectivity index (χ1v) is 6.57. The van der Waals surface area contributed by atoms with Gasteiger partial charge >= 0.3 is 0 Å². The van der Waals surface area contributed by atoms with E-state index in [1.54, 1.807) is 16.7 Å². The van der Waals surface area contributed by atoms with Crippen LogP contribution >= 0.6 is 0 Å². The highest BCUT2D eigenvalue weighted by Crippen LogP contribution is 2.35. The Bertz CT molecular complexity index is 735. The van der Waals surface area contributed by atoms with Gasteiger partial charge in [-0.05, 0) is 43.0 Å². The maximum Gasteiger partial charge on any atom is 0.148 e. The number of anilines is 1. The van der Waals surface area contributed by atoms with Crippen molar-refractivity contribution in [2.24, 2.45) is 0 Å². The van der Waals surface area contributed by atoms with Gasteiger partial charge in [-0.2, -0.15) is 5.26 Å². The van der Waals surface area contributed by atoms with E-state index in [1.165, 1.54) is 17.7 Å². The molecule has 0 aliphatic heterocycles. The predicted octanol–water partition coefficient (Wildman–Crippen LogP) is 3.64. The van der Waals surface area contributed by atoms with Crippen molar-refractivity contribution in [1.82, 2.24) is 4.57 Å². The van der Waals surface area contributed by atoms with Crippen LogP contribution in [0.25, 0.3) is 11.3 Å². The molecule has 1 aliphatic carbocycles. The lowest BCUT2D eigenvalue weighted by Gasteiger charge is -2.04. The SMILES string of the molecule is N#Cc1c(N)c(C2=CCCC2)cn1-c1cccc(F)c1. The van der Waals surface area contributed by atoms with Crippen molar-refractivity contribution < 1.29 is 4.39 Å². The minimum absolute atomic E-state index is 0.333. The van der Waals surface area contributed by atoms with Crippen molar-refractivity contribution in [2.75, 3.05) is 5.73 Å². The number of nitrogens with two attached hydrogens (primary N) is 1. The molecule has 2 N–H and O–H groups in total. The third-order valence-corrected chi connectivity index (χ3v) is 3.62. The maximum atomic E-state index is 13.4. The molecule has 100 valence electrons. The van der Waals surface area contributed by atoms with Gasteiger partial charge in [-0.1, -0.05) is 12.1 Å². The Balaban J connectivity index is 2.17. The van der Waals surface area contributed by atoms with Crippen LogP contribution < -0.4 is 5.73 Å². The summed E-state index contributed by atoms with van der Waals surface area (Å²) >= 11 is 0. The van der Waals surface area contributed by atoms with Gasteiger partial charge < -0.3 is 10.3 Å². The van der Waals surface area contributed by atoms with Gasteiger partial charge in [-0.25, -0.2) is 4.39 Å². The Kier molecular flexibility index (Phi) is 3.03. The van der Waals surface area contributed by atoms with Gasteiger partial charge in [0.15, 0.2) is 0 Å². The summed E-state index contributed by atoms with van der Waals surface area (Å²) < 4.78 is 15.0. The van der Waals surface area contributed by atoms with E-state index in [0.29, 0.717) is 17.1 Å². The molecular weight excluding hydrogens is 253 g/mol. The number of halogens is 1. The Hall–Kier alpha value is -2.54. The predicted molar refractivity (Wildman–Crippen MR) is 76.7 cm³/mol. The van der Waals surface area contributed by atoms with Gasteiger partial charge in [0.25, 0.3) is 0 Å². The lowest BCUT2D eigenvalue weighted by Crippen LogP contribution is -1.98. The van der Waals surface area contributed by atoms with Gasteiger partial charge in [0.2, 0.25) is 0 Å². The topological polar surface area (TPSA) is 54.7 Å². The van der Waals surface area contributed by atoms with Crippen LogP contribution in [0.1, 0.15) is 30.5 Å². The molecule has 1 aromatic heterocycles. The normalized spacial score (nSPS) is 14.1. The summed E-state index contributed by atoms with van der Waals surface area (Å²) in [6, 6.07) is 8.27. The number of benzene rings is 1. The maximum absolute atomic E-state index is 13.4. The fraction of sp³-hybridized carbons (Fsp3) is 0.188. The molecule has 0 saturated heterocycles. The van der Waals surface area contributed by atoms with E-state index in [1.807, 2.05) is 6.20 Å². The van der Waals surface area contributed by atoms with Crippen LogP contribution in [0.4, 0.5) is 10.1 Å². The molecule has 0 fully saturated rings. The van der Waals surface area contributed by atoms with Crippen LogP contribution in [0, 0.1) is 17.1 Å². The average molecular weight is 267 g/mol. The van der Waals surface area contributed by atoms with E-state index in [-0.39, 0.29) is 5.82 Å². The molecule has 0 unspecified atom stereocenters. The number of nitrogen functional groups attached to an aromatic ring is 1. The summed E-state index contributed by atoms with van der Waals surface area (Å²) in [5.41, 5.74) is 9.60. The number of nitrogens with zero attached hydrogens (tertiary/aromatic N) is 2. The third-order valence-electron chi connectivity index (χ3n) is 3.62. The van der Waals surface area contributed by atoms with Crippen LogP contribution in [0.3, 0.4) is 0 Å². The van der Waals surface area contributed by atoms with Crippen LogP contribution in [0.2, 0.25) is 0 Å². The van der Waals surface area contributed by atoms with Crippen LogP contribution in [-0.2, 0) is 0 Å². The molecule has 3 nitrogen and oxygen atoms in total. The Morgan fingerprint density at radius 3 is 2.85 bits per heavy atom. The summed E-state index contributed by atoms with van der Waals surface area (Å²) in [6.45, 7) is 0. The summed E-state index contributed by atoms with van der Waals surface area (Å²) in [6.07, 6.45) is 7.12. The minimum Gasteiger partial charge on any atom is -0.396 e. The lowest BCUT2D eigenvalue weighted by atomic mass is 10.1. The van der Waals surface area contributed by atoms with E-state index in [2.05, 4.69) is 12.1 Å². The van der Waals surface area contributed by atoms with E-state index >= 15 is 0 Å². The number of nitriles is 1. The largest absolute Gasteiger partial charge is 0.396 e. The molecule has 2 aromatic rings. The van der Waals surface area contributed by atoms with Crippen LogP contribution in [0.5, 0.6) is 0 Å². The molecule has 0 spiro atoms. The summed E-state index contributed by atoms with van der Waals surface area (Å²) in [5.74, 6) is -0.333. The van der Waals surface area contributed by atoms with Gasteiger partial charge in [0, 0.05) is 17.4 Å². The van der Waals surface area contributed by atoms with Crippen molar-refractivity contribution in [3.05, 3.63) is 53.6 Å². The summed E-state index contributed by atoms with van der Waals surface area (Å²) in [5, 5.41) is 9.32. The van der Waals surface area contributed by atoms with E-state index in [0.717, 1.165) is 24.8 Å². The molecule has 4 heteroatoms. The van der Waals surface area contributed by atoms with Gasteiger partial charge in [0.05, 0.1) is 5.69 Å². The zero-order valence-electron chi connectivity index (χ0n) is 10.9. The smallest absolute Gasteiger partial charge is 0.148 e. The summed E-state index contributed by atoms with van der Waals surface area (Å²) in [7, 11) is 0. The highest BCUT2D eigenvalue weighted by molar-refractivity contribution is 5.80. The molecule has 1 heterocycles. The molecular formula is C16H14FN3. The second-order valence-corrected chi connectivity index (χ2v) is 4.89. The Morgan fingerprint density at radius 1 is 1.35 bits per heavy atom. The Labute approximate surface area is 116 Å². The average Bonchev–Trinajstić information content (AvgIpc) is 3.06. The van der Waals surface area contributed by atoms with Crippen molar-refractivity contribution in [3.8, 4) is 11.8 Å². The highest BCUT2D eigenvalue weighted by Gasteiger charge is 2.18. The van der Waals surface area contributed by atoms with Gasteiger partial charge in [-0.3, -0.25) is 0 Å². The number of rotatable bonds is 2. The lowest BCUT2D eigenvalue weighted by molar-refractivity contribution is 0.626. The number of hydrogen-bond acceptors (Lipinski definition) is 2. The summed E-state index contributed by atoms with van der Waals surface area (Å²) in [4.78, 5) is 0. The van der Waals surface area contributed by atoms with E-state index in [4.69, 9.17) is 5.73 Å². The van der Waals surface area contributed by atoms with Gasteiger partial charge in [0.1, 0.15) is 17.6 Å². The second kappa shape index (κ2) is 4.86. The zero-order chi connectivity index (χ0) is 14.1. The first-order valence-electron chi connectivity index (χ1n) is 6.57. The molecule has 0 radical (unpaired) electrons. The van der Waals surface area contributed by atoms with Crippen LogP contribution in [-0.4, -0.2) is 4.57 Å². The van der Waals surface area contributed by atoms with E-state index in [9.17, 15) is 9.65 Å². The second-order valence-electron chi connectivity index (χ2n) is 4.89. The molecule has 0 amide bonds. The van der Waals surface area contributed by atoms with Crippen molar-refractivity contribution in [1.29, 1.82) is 5.26 Å². The first-order chi connectivity index (χ1) is 9.70. The molecule has 1 aromatic carbocycles. The molecule has 0 saturated carbocycles. The molecule has 3 rings (SSSR count). The third kappa shape index (κ3) is 1.97. The minimum atomic E-state index is -0.333. The monoisotopic (exact) mass is 267 g/mol. The van der Waals surface area contributed by atoms with E-state index < -0.39 is 0 Å². The quantitative estimate of drug-likeness (QED) is 0.903. The fourth-order valence-electron chi connectivity index (χ4n) is 2.64. The highest BCUT2D eigenvalue weighted by atomic mass is 19.1. The molecule has 0 atom stereocenters. The number of hydrogen-bond donors (Lipinski definition) is 1. The Morgan fingerprint density at radius 2 is 2.20 bits per heavy atom. The fourth-order valence-corrected chi connectivity index (χ4v) is 2.64. The van der Waals surface area contributed by atoms with Gasteiger partial charge in [-0.15, -0.1) is 0 Å². The molecule has 1 aliphatic rings.